The van der Waals surface area contributed by atoms with Crippen LogP contribution in [-0.2, 0) is 0 Å². The Morgan fingerprint density at radius 2 is 1.95 bits per heavy atom. The maximum absolute atomic E-state index is 11.2. The third kappa shape index (κ3) is 3.35. The van der Waals surface area contributed by atoms with Gasteiger partial charge in [0.05, 0.1) is 4.92 Å². The Morgan fingerprint density at radius 1 is 1.32 bits per heavy atom. The summed E-state index contributed by atoms with van der Waals surface area (Å²) in [5.74, 6) is -0.618. The average molecular weight is 302 g/mol. The minimum absolute atomic E-state index is 0.00212. The highest BCUT2D eigenvalue weighted by atomic mass is 16.6. The van der Waals surface area contributed by atoms with E-state index >= 15 is 0 Å². The zero-order valence-corrected chi connectivity index (χ0v) is 12.0. The minimum Gasteiger partial charge on any atom is -0.477 e. The number of hydrogen-bond donors (Lipinski definition) is 2. The second-order valence-electron chi connectivity index (χ2n) is 4.86. The molecule has 2 N–H and O–H groups in total. The molecule has 0 aliphatic heterocycles. The van der Waals surface area contributed by atoms with Crippen LogP contribution in [0.1, 0.15) is 24.2 Å². The largest absolute Gasteiger partial charge is 0.477 e. The van der Waals surface area contributed by atoms with E-state index in [1.165, 1.54) is 30.5 Å². The third-order valence-corrected chi connectivity index (χ3v) is 2.78. The van der Waals surface area contributed by atoms with Gasteiger partial charge in [-0.05, 0) is 26.0 Å². The lowest BCUT2D eigenvalue weighted by Crippen LogP contribution is -2.16. The molecule has 114 valence electrons. The number of carboxylic acids is 1. The summed E-state index contributed by atoms with van der Waals surface area (Å²) in [6.07, 6.45) is 1.22. The number of carbonyl (C=O) groups is 1. The molecule has 1 heterocycles. The molecule has 0 radical (unpaired) electrons. The molecule has 2 rings (SSSR count). The highest BCUT2D eigenvalue weighted by Crippen LogP contribution is 2.22. The van der Waals surface area contributed by atoms with E-state index in [-0.39, 0.29) is 23.1 Å². The molecule has 0 aliphatic rings. The van der Waals surface area contributed by atoms with Crippen LogP contribution in [0.3, 0.4) is 0 Å². The Labute approximate surface area is 126 Å². The lowest BCUT2D eigenvalue weighted by molar-refractivity contribution is -0.384. The molecule has 22 heavy (non-hydrogen) atoms. The first kappa shape index (κ1) is 15.4. The van der Waals surface area contributed by atoms with E-state index in [9.17, 15) is 14.9 Å². The normalized spacial score (nSPS) is 10.5. The predicted octanol–water partition coefficient (Wildman–Crippen LogP) is 2.57. The van der Waals surface area contributed by atoms with E-state index < -0.39 is 10.9 Å². The fraction of sp³-hybridized carbons (Fsp3) is 0.214. The number of nitrogens with one attached hydrogen (secondary N) is 1. The number of anilines is 1. The number of nitro benzene ring substituents is 1. The summed E-state index contributed by atoms with van der Waals surface area (Å²) in [6, 6.07) is 5.73. The molecule has 2 aromatic rings. The topological polar surface area (TPSA) is 118 Å². The van der Waals surface area contributed by atoms with Crippen LogP contribution in [0.25, 0.3) is 11.4 Å². The van der Waals surface area contributed by atoms with Crippen molar-refractivity contribution in [2.45, 2.75) is 19.9 Å². The number of nitro groups is 1. The van der Waals surface area contributed by atoms with E-state index in [1.54, 1.807) is 0 Å². The Kier molecular flexibility index (Phi) is 4.31. The predicted molar refractivity (Wildman–Crippen MR) is 79.8 cm³/mol. The summed E-state index contributed by atoms with van der Waals surface area (Å²) < 4.78 is 0. The van der Waals surface area contributed by atoms with Crippen molar-refractivity contribution in [3.8, 4) is 11.4 Å². The van der Waals surface area contributed by atoms with Crippen molar-refractivity contribution in [2.24, 2.45) is 0 Å². The second kappa shape index (κ2) is 6.17. The zero-order valence-electron chi connectivity index (χ0n) is 12.0. The van der Waals surface area contributed by atoms with E-state index in [2.05, 4.69) is 15.3 Å². The summed E-state index contributed by atoms with van der Waals surface area (Å²) in [7, 11) is 0. The highest BCUT2D eigenvalue weighted by molar-refractivity contribution is 5.93. The smallest absolute Gasteiger partial charge is 0.341 e. The van der Waals surface area contributed by atoms with Crippen LogP contribution in [0.15, 0.2) is 30.5 Å². The summed E-state index contributed by atoms with van der Waals surface area (Å²) in [4.78, 5) is 29.5. The summed E-state index contributed by atoms with van der Waals surface area (Å²) in [6.45, 7) is 3.72. The van der Waals surface area contributed by atoms with Crippen LogP contribution in [0, 0.1) is 10.1 Å². The lowest BCUT2D eigenvalue weighted by Gasteiger charge is -2.12. The average Bonchev–Trinajstić information content (AvgIpc) is 2.46. The monoisotopic (exact) mass is 302 g/mol. The van der Waals surface area contributed by atoms with E-state index in [1.807, 2.05) is 13.8 Å². The van der Waals surface area contributed by atoms with Gasteiger partial charge in [0.15, 0.2) is 5.82 Å². The molecule has 8 heteroatoms. The number of nitrogens with zero attached hydrogens (tertiary/aromatic N) is 3. The van der Waals surface area contributed by atoms with E-state index in [0.29, 0.717) is 11.4 Å². The quantitative estimate of drug-likeness (QED) is 0.643. The van der Waals surface area contributed by atoms with Crippen molar-refractivity contribution in [3.05, 3.63) is 46.1 Å². The van der Waals surface area contributed by atoms with Gasteiger partial charge in [-0.15, -0.1) is 0 Å². The van der Waals surface area contributed by atoms with Gasteiger partial charge in [0, 0.05) is 29.9 Å². The van der Waals surface area contributed by atoms with Gasteiger partial charge in [-0.25, -0.2) is 14.8 Å². The molecule has 0 bridgehead atoms. The zero-order chi connectivity index (χ0) is 16.3. The number of carboxylic acid groups (broad SMARTS) is 1. The Balaban J connectivity index is 2.43. The fourth-order valence-electron chi connectivity index (χ4n) is 1.79. The number of hydrogen-bond acceptors (Lipinski definition) is 6. The van der Waals surface area contributed by atoms with Gasteiger partial charge in [0.1, 0.15) is 11.4 Å². The first-order valence-electron chi connectivity index (χ1n) is 6.50. The third-order valence-electron chi connectivity index (χ3n) is 2.78. The van der Waals surface area contributed by atoms with Crippen molar-refractivity contribution >= 4 is 17.5 Å². The van der Waals surface area contributed by atoms with Crippen molar-refractivity contribution in [1.82, 2.24) is 9.97 Å². The van der Waals surface area contributed by atoms with Gasteiger partial charge in [0.2, 0.25) is 0 Å². The maximum Gasteiger partial charge on any atom is 0.341 e. The van der Waals surface area contributed by atoms with Gasteiger partial charge >= 0.3 is 5.97 Å². The molecule has 0 saturated carbocycles. The van der Waals surface area contributed by atoms with E-state index in [4.69, 9.17) is 5.11 Å². The number of aromatic nitrogens is 2. The Bertz CT molecular complexity index is 713. The molecule has 8 nitrogen and oxygen atoms in total. The van der Waals surface area contributed by atoms with Gasteiger partial charge in [0.25, 0.3) is 5.69 Å². The first-order chi connectivity index (χ1) is 10.4. The summed E-state index contributed by atoms with van der Waals surface area (Å²) in [5, 5.41) is 22.7. The number of benzene rings is 1. The molecule has 1 aromatic carbocycles. The fourth-order valence-corrected chi connectivity index (χ4v) is 1.79. The van der Waals surface area contributed by atoms with E-state index in [0.717, 1.165) is 0 Å². The molecular formula is C14H14N4O4. The lowest BCUT2D eigenvalue weighted by atomic mass is 10.2. The number of rotatable bonds is 5. The Hall–Kier alpha value is -3.03. The second-order valence-corrected chi connectivity index (χ2v) is 4.86. The van der Waals surface area contributed by atoms with Crippen LogP contribution >= 0.6 is 0 Å². The van der Waals surface area contributed by atoms with Gasteiger partial charge in [-0.1, -0.05) is 0 Å². The maximum atomic E-state index is 11.2. The molecule has 0 amide bonds. The summed E-state index contributed by atoms with van der Waals surface area (Å²) >= 11 is 0. The van der Waals surface area contributed by atoms with Crippen molar-refractivity contribution in [1.29, 1.82) is 0 Å². The Morgan fingerprint density at radius 3 is 2.45 bits per heavy atom. The molecular weight excluding hydrogens is 288 g/mol. The van der Waals surface area contributed by atoms with Crippen LogP contribution in [0.2, 0.25) is 0 Å². The molecule has 0 fully saturated rings. The molecule has 0 saturated heterocycles. The highest BCUT2D eigenvalue weighted by Gasteiger charge is 2.15. The van der Waals surface area contributed by atoms with Crippen molar-refractivity contribution in [2.75, 3.05) is 5.32 Å². The van der Waals surface area contributed by atoms with Crippen LogP contribution < -0.4 is 5.32 Å². The minimum atomic E-state index is -1.13. The first-order valence-corrected chi connectivity index (χ1v) is 6.50. The molecule has 0 atom stereocenters. The standard InChI is InChI=1S/C14H14N4O4/c1-8(2)16-13-11(14(19)20)7-15-12(17-13)9-3-5-10(6-4-9)18(21)22/h3-8H,1-2H3,(H,19,20)(H,15,16,17). The SMILES string of the molecule is CC(C)Nc1nc(-c2ccc([N+](=O)[O-])cc2)ncc1C(=O)O. The van der Waals surface area contributed by atoms with Crippen LogP contribution in [-0.4, -0.2) is 32.0 Å². The van der Waals surface area contributed by atoms with Crippen LogP contribution in [0.4, 0.5) is 11.5 Å². The summed E-state index contributed by atoms with van der Waals surface area (Å²) in [5.41, 5.74) is 0.500. The van der Waals surface area contributed by atoms with Gasteiger partial charge < -0.3 is 10.4 Å². The van der Waals surface area contributed by atoms with Crippen molar-refractivity contribution < 1.29 is 14.8 Å². The molecule has 0 spiro atoms. The molecule has 1 aromatic heterocycles. The number of aromatic carboxylic acids is 1. The van der Waals surface area contributed by atoms with Gasteiger partial charge in [-0.3, -0.25) is 10.1 Å². The van der Waals surface area contributed by atoms with Crippen LogP contribution in [0.5, 0.6) is 0 Å². The number of non-ortho nitro benzene ring substituents is 1. The van der Waals surface area contributed by atoms with Crippen molar-refractivity contribution in [3.63, 3.8) is 0 Å². The van der Waals surface area contributed by atoms with Gasteiger partial charge in [-0.2, -0.15) is 0 Å². The molecule has 0 unspecified atom stereocenters. The molecule has 0 aliphatic carbocycles.